The van der Waals surface area contributed by atoms with Gasteiger partial charge >= 0.3 is 0 Å². The lowest BCUT2D eigenvalue weighted by Gasteiger charge is -2.30. The predicted molar refractivity (Wildman–Crippen MR) is 93.3 cm³/mol. The quantitative estimate of drug-likeness (QED) is 0.902. The fourth-order valence-corrected chi connectivity index (χ4v) is 4.48. The standard InChI is InChI=1S/C20H26N2O/c23-20(15-7-2-1-3-8-15)22-12-6-9-17(22)13-16-14-21-19-11-5-4-10-18(16)19/h4-5,10-11,14-15,17,21H,1-3,6-9,12-13H2. The summed E-state index contributed by atoms with van der Waals surface area (Å²) in [4.78, 5) is 18.5. The zero-order valence-electron chi connectivity index (χ0n) is 13.8. The van der Waals surface area contributed by atoms with E-state index in [2.05, 4.69) is 40.3 Å². The van der Waals surface area contributed by atoms with Crippen molar-refractivity contribution in [1.29, 1.82) is 0 Å². The number of carbonyl (C=O) groups is 1. The summed E-state index contributed by atoms with van der Waals surface area (Å²) < 4.78 is 0. The van der Waals surface area contributed by atoms with Crippen LogP contribution in [-0.4, -0.2) is 28.4 Å². The second-order valence-corrected chi connectivity index (χ2v) is 7.23. The molecule has 1 saturated heterocycles. The van der Waals surface area contributed by atoms with Gasteiger partial charge in [0.05, 0.1) is 0 Å². The summed E-state index contributed by atoms with van der Waals surface area (Å²) in [5.41, 5.74) is 2.56. The zero-order valence-corrected chi connectivity index (χ0v) is 13.8. The highest BCUT2D eigenvalue weighted by Crippen LogP contribution is 2.31. The number of carbonyl (C=O) groups excluding carboxylic acids is 1. The molecule has 1 aliphatic heterocycles. The molecule has 3 nitrogen and oxygen atoms in total. The van der Waals surface area contributed by atoms with Crippen LogP contribution in [0.2, 0.25) is 0 Å². The van der Waals surface area contributed by atoms with Gasteiger partial charge < -0.3 is 9.88 Å². The first-order chi connectivity index (χ1) is 11.3. The molecule has 23 heavy (non-hydrogen) atoms. The zero-order chi connectivity index (χ0) is 15.6. The van der Waals surface area contributed by atoms with Gasteiger partial charge in [0.15, 0.2) is 0 Å². The summed E-state index contributed by atoms with van der Waals surface area (Å²) in [7, 11) is 0. The number of aromatic amines is 1. The fourth-order valence-electron chi connectivity index (χ4n) is 4.48. The van der Waals surface area contributed by atoms with Crippen LogP contribution in [0.5, 0.6) is 0 Å². The Morgan fingerprint density at radius 3 is 2.78 bits per heavy atom. The first kappa shape index (κ1) is 14.8. The molecule has 3 heteroatoms. The number of nitrogens with zero attached hydrogens (tertiary/aromatic N) is 1. The van der Waals surface area contributed by atoms with E-state index in [-0.39, 0.29) is 0 Å². The van der Waals surface area contributed by atoms with Crippen molar-refractivity contribution in [2.75, 3.05) is 6.54 Å². The average molecular weight is 310 g/mol. The summed E-state index contributed by atoms with van der Waals surface area (Å²) in [6, 6.07) is 8.86. The molecule has 0 radical (unpaired) electrons. The van der Waals surface area contributed by atoms with Crippen LogP contribution in [0.25, 0.3) is 10.9 Å². The first-order valence-corrected chi connectivity index (χ1v) is 9.18. The molecule has 2 heterocycles. The summed E-state index contributed by atoms with van der Waals surface area (Å²) in [6.07, 6.45) is 11.4. The van der Waals surface area contributed by atoms with E-state index in [4.69, 9.17) is 0 Å². The fraction of sp³-hybridized carbons (Fsp3) is 0.550. The largest absolute Gasteiger partial charge is 0.361 e. The molecular formula is C20H26N2O. The maximum absolute atomic E-state index is 12.9. The third kappa shape index (κ3) is 2.89. The SMILES string of the molecule is O=C(C1CCCCC1)N1CCCC1Cc1c[nH]c2ccccc12. The second kappa shape index (κ2) is 6.38. The molecule has 1 amide bonds. The van der Waals surface area contributed by atoms with Gasteiger partial charge in [0.1, 0.15) is 0 Å². The normalized spacial score (nSPS) is 22.8. The van der Waals surface area contributed by atoms with Crippen molar-refractivity contribution in [2.24, 2.45) is 5.92 Å². The summed E-state index contributed by atoms with van der Waals surface area (Å²) in [5.74, 6) is 0.736. The Kier molecular flexibility index (Phi) is 4.11. The number of H-pyrrole nitrogens is 1. The minimum atomic E-state index is 0.298. The lowest BCUT2D eigenvalue weighted by Crippen LogP contribution is -2.41. The monoisotopic (exact) mass is 310 g/mol. The van der Waals surface area contributed by atoms with Crippen LogP contribution in [0.4, 0.5) is 0 Å². The van der Waals surface area contributed by atoms with Gasteiger partial charge in [0.2, 0.25) is 5.91 Å². The molecule has 1 aromatic heterocycles. The van der Waals surface area contributed by atoms with Crippen LogP contribution in [-0.2, 0) is 11.2 Å². The van der Waals surface area contributed by atoms with E-state index in [0.717, 1.165) is 38.6 Å². The minimum absolute atomic E-state index is 0.298. The van der Waals surface area contributed by atoms with Crippen LogP contribution >= 0.6 is 0 Å². The van der Waals surface area contributed by atoms with E-state index in [9.17, 15) is 4.79 Å². The van der Waals surface area contributed by atoms with Crippen molar-refractivity contribution in [3.8, 4) is 0 Å². The third-order valence-corrected chi connectivity index (χ3v) is 5.75. The van der Waals surface area contributed by atoms with E-state index < -0.39 is 0 Å². The molecule has 122 valence electrons. The van der Waals surface area contributed by atoms with Crippen LogP contribution in [0.3, 0.4) is 0 Å². The average Bonchev–Trinajstić information content (AvgIpc) is 3.23. The molecule has 1 unspecified atom stereocenters. The van der Waals surface area contributed by atoms with E-state index in [1.165, 1.54) is 35.7 Å². The molecule has 4 rings (SSSR count). The molecule has 1 saturated carbocycles. The van der Waals surface area contributed by atoms with Crippen LogP contribution in [0.1, 0.15) is 50.5 Å². The minimum Gasteiger partial charge on any atom is -0.361 e. The molecule has 1 atom stereocenters. The molecule has 1 aliphatic carbocycles. The van der Waals surface area contributed by atoms with Gasteiger partial charge in [-0.1, -0.05) is 37.5 Å². The molecule has 0 spiro atoms. The van der Waals surface area contributed by atoms with E-state index in [0.29, 0.717) is 17.9 Å². The number of para-hydroxylation sites is 1. The molecule has 2 aliphatic rings. The number of hydrogen-bond acceptors (Lipinski definition) is 1. The van der Waals surface area contributed by atoms with Crippen molar-refractivity contribution in [3.05, 3.63) is 36.0 Å². The van der Waals surface area contributed by atoms with Crippen molar-refractivity contribution < 1.29 is 4.79 Å². The van der Waals surface area contributed by atoms with Crippen molar-refractivity contribution >= 4 is 16.8 Å². The molecular weight excluding hydrogens is 284 g/mol. The number of fused-ring (bicyclic) bond motifs is 1. The van der Waals surface area contributed by atoms with Gasteiger partial charge in [0.25, 0.3) is 0 Å². The maximum atomic E-state index is 12.9. The summed E-state index contributed by atoms with van der Waals surface area (Å²) in [6.45, 7) is 0.961. The highest BCUT2D eigenvalue weighted by molar-refractivity contribution is 5.83. The van der Waals surface area contributed by atoms with Crippen LogP contribution in [0, 0.1) is 5.92 Å². The van der Waals surface area contributed by atoms with Crippen molar-refractivity contribution in [2.45, 2.75) is 57.4 Å². The third-order valence-electron chi connectivity index (χ3n) is 5.75. The highest BCUT2D eigenvalue weighted by atomic mass is 16.2. The number of aromatic nitrogens is 1. The van der Waals surface area contributed by atoms with Gasteiger partial charge in [-0.25, -0.2) is 0 Å². The lowest BCUT2D eigenvalue weighted by atomic mass is 9.88. The lowest BCUT2D eigenvalue weighted by molar-refractivity contribution is -0.137. The van der Waals surface area contributed by atoms with E-state index in [1.54, 1.807) is 0 Å². The smallest absolute Gasteiger partial charge is 0.225 e. The van der Waals surface area contributed by atoms with Gasteiger partial charge in [-0.15, -0.1) is 0 Å². The van der Waals surface area contributed by atoms with Gasteiger partial charge in [0, 0.05) is 35.6 Å². The van der Waals surface area contributed by atoms with Gasteiger partial charge in [-0.05, 0) is 43.7 Å². The van der Waals surface area contributed by atoms with Crippen LogP contribution < -0.4 is 0 Å². The Balaban J connectivity index is 1.50. The van der Waals surface area contributed by atoms with Crippen molar-refractivity contribution in [1.82, 2.24) is 9.88 Å². The first-order valence-electron chi connectivity index (χ1n) is 9.18. The number of benzene rings is 1. The molecule has 1 aromatic carbocycles. The number of likely N-dealkylation sites (tertiary alicyclic amines) is 1. The van der Waals surface area contributed by atoms with Gasteiger partial charge in [-0.3, -0.25) is 4.79 Å². The number of nitrogens with one attached hydrogen (secondary N) is 1. The molecule has 1 N–H and O–H groups in total. The van der Waals surface area contributed by atoms with E-state index >= 15 is 0 Å². The summed E-state index contributed by atoms with van der Waals surface area (Å²) in [5, 5.41) is 1.31. The Bertz CT molecular complexity index is 684. The molecule has 2 fully saturated rings. The van der Waals surface area contributed by atoms with Crippen LogP contribution in [0.15, 0.2) is 30.5 Å². The number of amides is 1. The Hall–Kier alpha value is -1.77. The molecule has 2 aromatic rings. The van der Waals surface area contributed by atoms with Crippen molar-refractivity contribution in [3.63, 3.8) is 0 Å². The number of rotatable bonds is 3. The number of hydrogen-bond donors (Lipinski definition) is 1. The Morgan fingerprint density at radius 2 is 1.91 bits per heavy atom. The summed E-state index contributed by atoms with van der Waals surface area (Å²) >= 11 is 0. The molecule has 0 bridgehead atoms. The maximum Gasteiger partial charge on any atom is 0.225 e. The topological polar surface area (TPSA) is 36.1 Å². The second-order valence-electron chi connectivity index (χ2n) is 7.23. The van der Waals surface area contributed by atoms with Gasteiger partial charge in [-0.2, -0.15) is 0 Å². The van der Waals surface area contributed by atoms with E-state index in [1.807, 2.05) is 0 Å². The predicted octanol–water partition coefficient (Wildman–Crippen LogP) is 4.28. The Morgan fingerprint density at radius 1 is 1.09 bits per heavy atom. The highest BCUT2D eigenvalue weighted by Gasteiger charge is 2.33. The Labute approximate surface area is 138 Å².